The molecule has 0 bridgehead atoms. The van der Waals surface area contributed by atoms with Gasteiger partial charge in [0.15, 0.2) is 0 Å². The minimum Gasteiger partial charge on any atom is -0.377 e. The van der Waals surface area contributed by atoms with E-state index in [0.717, 1.165) is 19.6 Å². The third kappa shape index (κ3) is 2.92. The third-order valence-electron chi connectivity index (χ3n) is 3.29. The fraction of sp³-hybridized carbons (Fsp3) is 0.467. The molecule has 2 N–H and O–H groups in total. The van der Waals surface area contributed by atoms with E-state index in [1.807, 2.05) is 6.92 Å². The van der Waals surface area contributed by atoms with Gasteiger partial charge in [-0.05, 0) is 43.4 Å². The molecular formula is C15H22N2O. The Morgan fingerprint density at radius 3 is 2.89 bits per heavy atom. The molecule has 98 valence electrons. The number of fused-ring (bicyclic) bond motifs is 1. The monoisotopic (exact) mass is 246 g/mol. The Balaban J connectivity index is 2.09. The van der Waals surface area contributed by atoms with E-state index in [1.54, 1.807) is 0 Å². The third-order valence-corrected chi connectivity index (χ3v) is 3.29. The van der Waals surface area contributed by atoms with Crippen molar-refractivity contribution in [3.05, 3.63) is 36.0 Å². The highest BCUT2D eigenvalue weighted by Crippen LogP contribution is 2.18. The summed E-state index contributed by atoms with van der Waals surface area (Å²) in [6.07, 6.45) is 3.27. The summed E-state index contributed by atoms with van der Waals surface area (Å²) in [5.74, 6) is 0. The second-order valence-electron chi connectivity index (χ2n) is 4.67. The highest BCUT2D eigenvalue weighted by molar-refractivity contribution is 5.80. The van der Waals surface area contributed by atoms with E-state index in [1.165, 1.54) is 16.5 Å². The molecule has 0 saturated heterocycles. The number of aromatic nitrogens is 1. The Bertz CT molecular complexity index is 504. The molecule has 0 radical (unpaired) electrons. The highest BCUT2D eigenvalue weighted by Gasteiger charge is 2.07. The minimum absolute atomic E-state index is 0.164. The molecule has 1 unspecified atom stereocenters. The van der Waals surface area contributed by atoms with Crippen molar-refractivity contribution in [3.8, 4) is 0 Å². The first kappa shape index (κ1) is 13.1. The summed E-state index contributed by atoms with van der Waals surface area (Å²) in [6.45, 7) is 6.41. The predicted molar refractivity (Wildman–Crippen MR) is 75.8 cm³/mol. The van der Waals surface area contributed by atoms with E-state index in [4.69, 9.17) is 10.5 Å². The van der Waals surface area contributed by atoms with Crippen LogP contribution in [0.2, 0.25) is 0 Å². The molecule has 0 aliphatic heterocycles. The molecule has 0 amide bonds. The summed E-state index contributed by atoms with van der Waals surface area (Å²) in [5, 5.41) is 1.29. The zero-order valence-corrected chi connectivity index (χ0v) is 11.2. The van der Waals surface area contributed by atoms with Gasteiger partial charge in [-0.15, -0.1) is 0 Å². The molecule has 0 aliphatic carbocycles. The Labute approximate surface area is 109 Å². The summed E-state index contributed by atoms with van der Waals surface area (Å²) in [7, 11) is 0. The first-order valence-electron chi connectivity index (χ1n) is 6.61. The summed E-state index contributed by atoms with van der Waals surface area (Å²) < 4.78 is 7.87. The zero-order valence-electron chi connectivity index (χ0n) is 11.2. The summed E-state index contributed by atoms with van der Waals surface area (Å²) in [4.78, 5) is 0. The highest BCUT2D eigenvalue weighted by atomic mass is 16.5. The van der Waals surface area contributed by atoms with Gasteiger partial charge in [-0.1, -0.05) is 12.1 Å². The zero-order chi connectivity index (χ0) is 13.0. The van der Waals surface area contributed by atoms with Crippen molar-refractivity contribution in [2.75, 3.05) is 13.2 Å². The molecular weight excluding hydrogens is 224 g/mol. The average Bonchev–Trinajstić information content (AvgIpc) is 2.77. The van der Waals surface area contributed by atoms with E-state index in [0.29, 0.717) is 6.54 Å². The van der Waals surface area contributed by atoms with Gasteiger partial charge in [0.1, 0.15) is 0 Å². The van der Waals surface area contributed by atoms with Crippen molar-refractivity contribution in [1.82, 2.24) is 4.57 Å². The molecule has 1 aromatic heterocycles. The number of hydrogen-bond acceptors (Lipinski definition) is 2. The number of rotatable bonds is 6. The van der Waals surface area contributed by atoms with E-state index < -0.39 is 0 Å². The SMILES string of the molecule is CCOC(CN)CCn1ccc2ccc(C)cc21. The lowest BCUT2D eigenvalue weighted by atomic mass is 10.2. The van der Waals surface area contributed by atoms with Gasteiger partial charge in [0, 0.05) is 31.4 Å². The second-order valence-corrected chi connectivity index (χ2v) is 4.67. The largest absolute Gasteiger partial charge is 0.377 e. The number of nitrogens with zero attached hydrogens (tertiary/aromatic N) is 1. The van der Waals surface area contributed by atoms with Crippen molar-refractivity contribution < 1.29 is 4.74 Å². The van der Waals surface area contributed by atoms with E-state index in [2.05, 4.69) is 42.0 Å². The Morgan fingerprint density at radius 2 is 2.17 bits per heavy atom. The van der Waals surface area contributed by atoms with Gasteiger partial charge < -0.3 is 15.0 Å². The Hall–Kier alpha value is -1.32. The van der Waals surface area contributed by atoms with Crippen molar-refractivity contribution in [1.29, 1.82) is 0 Å². The summed E-state index contributed by atoms with van der Waals surface area (Å²) in [6, 6.07) is 8.71. The van der Waals surface area contributed by atoms with Crippen LogP contribution in [0.3, 0.4) is 0 Å². The summed E-state index contributed by atoms with van der Waals surface area (Å²) in [5.41, 5.74) is 8.29. The Kier molecular flexibility index (Phi) is 4.39. The lowest BCUT2D eigenvalue weighted by Crippen LogP contribution is -2.25. The second kappa shape index (κ2) is 6.03. The van der Waals surface area contributed by atoms with Gasteiger partial charge in [0.25, 0.3) is 0 Å². The fourth-order valence-electron chi connectivity index (χ4n) is 2.28. The van der Waals surface area contributed by atoms with Crippen molar-refractivity contribution in [2.45, 2.75) is 32.9 Å². The topological polar surface area (TPSA) is 40.2 Å². The van der Waals surface area contributed by atoms with Crippen LogP contribution in [0.5, 0.6) is 0 Å². The van der Waals surface area contributed by atoms with Gasteiger partial charge in [-0.25, -0.2) is 0 Å². The molecule has 0 aliphatic rings. The molecule has 2 aromatic rings. The van der Waals surface area contributed by atoms with Crippen molar-refractivity contribution in [3.63, 3.8) is 0 Å². The van der Waals surface area contributed by atoms with Crippen LogP contribution in [0.25, 0.3) is 10.9 Å². The minimum atomic E-state index is 0.164. The quantitative estimate of drug-likeness (QED) is 0.851. The lowest BCUT2D eigenvalue weighted by molar-refractivity contribution is 0.0601. The number of nitrogens with two attached hydrogens (primary N) is 1. The van der Waals surface area contributed by atoms with E-state index in [-0.39, 0.29) is 6.10 Å². The molecule has 3 heteroatoms. The number of benzene rings is 1. The molecule has 0 saturated carbocycles. The average molecular weight is 246 g/mol. The predicted octanol–water partition coefficient (Wildman–Crippen LogP) is 2.70. The normalized spacial score (nSPS) is 13.1. The van der Waals surface area contributed by atoms with Gasteiger partial charge >= 0.3 is 0 Å². The number of hydrogen-bond donors (Lipinski definition) is 1. The standard InChI is InChI=1S/C15H22N2O/c1-3-18-14(11-16)7-9-17-8-6-13-5-4-12(2)10-15(13)17/h4-6,8,10,14H,3,7,9,11,16H2,1-2H3. The molecule has 0 fully saturated rings. The van der Waals surface area contributed by atoms with Gasteiger partial charge in [-0.3, -0.25) is 0 Å². The maximum Gasteiger partial charge on any atom is 0.0714 e. The van der Waals surface area contributed by atoms with Crippen molar-refractivity contribution >= 4 is 10.9 Å². The molecule has 2 rings (SSSR count). The van der Waals surface area contributed by atoms with Gasteiger partial charge in [0.2, 0.25) is 0 Å². The van der Waals surface area contributed by atoms with Crippen molar-refractivity contribution in [2.24, 2.45) is 5.73 Å². The Morgan fingerprint density at radius 1 is 1.33 bits per heavy atom. The van der Waals surface area contributed by atoms with Crippen LogP contribution in [0.4, 0.5) is 0 Å². The van der Waals surface area contributed by atoms with Crippen LogP contribution in [-0.2, 0) is 11.3 Å². The van der Waals surface area contributed by atoms with Crippen LogP contribution in [0.15, 0.2) is 30.5 Å². The maximum atomic E-state index is 5.70. The molecule has 1 aromatic carbocycles. The van der Waals surface area contributed by atoms with Crippen LogP contribution in [0.1, 0.15) is 18.9 Å². The number of ether oxygens (including phenoxy) is 1. The maximum absolute atomic E-state index is 5.70. The van der Waals surface area contributed by atoms with Crippen LogP contribution >= 0.6 is 0 Å². The number of aryl methyl sites for hydroxylation is 2. The van der Waals surface area contributed by atoms with Crippen LogP contribution < -0.4 is 5.73 Å². The molecule has 1 atom stereocenters. The molecule has 1 heterocycles. The van der Waals surface area contributed by atoms with E-state index in [9.17, 15) is 0 Å². The van der Waals surface area contributed by atoms with Crippen LogP contribution in [0, 0.1) is 6.92 Å². The molecule has 3 nitrogen and oxygen atoms in total. The summed E-state index contributed by atoms with van der Waals surface area (Å²) >= 11 is 0. The first-order valence-corrected chi connectivity index (χ1v) is 6.61. The first-order chi connectivity index (χ1) is 8.74. The molecule has 18 heavy (non-hydrogen) atoms. The lowest BCUT2D eigenvalue weighted by Gasteiger charge is -2.15. The van der Waals surface area contributed by atoms with Crippen LogP contribution in [-0.4, -0.2) is 23.8 Å². The smallest absolute Gasteiger partial charge is 0.0714 e. The van der Waals surface area contributed by atoms with Gasteiger partial charge in [-0.2, -0.15) is 0 Å². The van der Waals surface area contributed by atoms with E-state index >= 15 is 0 Å². The fourth-order valence-corrected chi connectivity index (χ4v) is 2.28. The van der Waals surface area contributed by atoms with Gasteiger partial charge in [0.05, 0.1) is 6.10 Å². The molecule has 0 spiro atoms.